The van der Waals surface area contributed by atoms with Gasteiger partial charge in [0.15, 0.2) is 6.39 Å². The second-order valence-electron chi connectivity index (χ2n) is 3.95. The van der Waals surface area contributed by atoms with Crippen LogP contribution in [-0.2, 0) is 6.54 Å². The maximum absolute atomic E-state index is 11.8. The van der Waals surface area contributed by atoms with Gasteiger partial charge in [0.05, 0.1) is 5.69 Å². The molecule has 5 heteroatoms. The fraction of sp³-hybridized carbons (Fsp3) is 0.231. The number of benzene rings is 1. The minimum atomic E-state index is -0.286. The van der Waals surface area contributed by atoms with Gasteiger partial charge < -0.3 is 15.1 Å². The lowest BCUT2D eigenvalue weighted by Gasteiger charge is -2.05. The number of anilines is 1. The van der Waals surface area contributed by atoms with Crippen LogP contribution in [0.1, 0.15) is 21.8 Å². The standard InChI is InChI=1S/C13H15N3O2/c1-9-12(18-8-15-9)13(17)16-11-5-3-10(4-6-11)7-14-2/h3-6,8,14H,7H2,1-2H3,(H,16,17). The summed E-state index contributed by atoms with van der Waals surface area (Å²) in [6, 6.07) is 7.63. The van der Waals surface area contributed by atoms with Gasteiger partial charge in [-0.15, -0.1) is 0 Å². The Labute approximate surface area is 105 Å². The van der Waals surface area contributed by atoms with Gasteiger partial charge >= 0.3 is 0 Å². The van der Waals surface area contributed by atoms with Crippen molar-refractivity contribution in [1.29, 1.82) is 0 Å². The lowest BCUT2D eigenvalue weighted by atomic mass is 10.2. The van der Waals surface area contributed by atoms with Crippen molar-refractivity contribution in [1.82, 2.24) is 10.3 Å². The number of hydrogen-bond donors (Lipinski definition) is 2. The zero-order chi connectivity index (χ0) is 13.0. The predicted octanol–water partition coefficient (Wildman–Crippen LogP) is 1.95. The van der Waals surface area contributed by atoms with E-state index in [1.54, 1.807) is 6.92 Å². The van der Waals surface area contributed by atoms with E-state index in [0.29, 0.717) is 5.69 Å². The maximum atomic E-state index is 11.8. The maximum Gasteiger partial charge on any atom is 0.293 e. The van der Waals surface area contributed by atoms with Crippen LogP contribution >= 0.6 is 0 Å². The van der Waals surface area contributed by atoms with E-state index in [2.05, 4.69) is 15.6 Å². The molecule has 1 heterocycles. The molecule has 0 saturated carbocycles. The van der Waals surface area contributed by atoms with Crippen molar-refractivity contribution in [3.8, 4) is 0 Å². The van der Waals surface area contributed by atoms with Crippen LogP contribution < -0.4 is 10.6 Å². The molecule has 0 saturated heterocycles. The van der Waals surface area contributed by atoms with Gasteiger partial charge in [0.1, 0.15) is 0 Å². The molecule has 0 atom stereocenters. The van der Waals surface area contributed by atoms with E-state index in [-0.39, 0.29) is 11.7 Å². The van der Waals surface area contributed by atoms with Crippen LogP contribution in [0.25, 0.3) is 0 Å². The number of amides is 1. The number of aryl methyl sites for hydroxylation is 1. The zero-order valence-electron chi connectivity index (χ0n) is 10.4. The average molecular weight is 245 g/mol. The number of nitrogens with one attached hydrogen (secondary N) is 2. The van der Waals surface area contributed by atoms with Crippen LogP contribution in [0.4, 0.5) is 5.69 Å². The van der Waals surface area contributed by atoms with Gasteiger partial charge in [0, 0.05) is 12.2 Å². The molecular formula is C13H15N3O2. The molecule has 5 nitrogen and oxygen atoms in total. The van der Waals surface area contributed by atoms with Crippen LogP contribution in [0.15, 0.2) is 35.1 Å². The van der Waals surface area contributed by atoms with Crippen LogP contribution in [0.2, 0.25) is 0 Å². The molecule has 2 N–H and O–H groups in total. The molecule has 0 aliphatic carbocycles. The third kappa shape index (κ3) is 2.75. The van der Waals surface area contributed by atoms with Gasteiger partial charge in [-0.2, -0.15) is 0 Å². The summed E-state index contributed by atoms with van der Waals surface area (Å²) < 4.78 is 5.03. The van der Waals surface area contributed by atoms with Crippen molar-refractivity contribution in [2.24, 2.45) is 0 Å². The number of carbonyl (C=O) groups is 1. The molecule has 0 bridgehead atoms. The summed E-state index contributed by atoms with van der Waals surface area (Å²) in [7, 11) is 1.89. The fourth-order valence-electron chi connectivity index (χ4n) is 1.62. The summed E-state index contributed by atoms with van der Waals surface area (Å²) in [6.07, 6.45) is 1.26. The number of aromatic nitrogens is 1. The Morgan fingerprint density at radius 3 is 2.61 bits per heavy atom. The van der Waals surface area contributed by atoms with Crippen molar-refractivity contribution in [2.75, 3.05) is 12.4 Å². The van der Waals surface area contributed by atoms with E-state index < -0.39 is 0 Å². The van der Waals surface area contributed by atoms with Crippen molar-refractivity contribution < 1.29 is 9.21 Å². The summed E-state index contributed by atoms with van der Waals surface area (Å²) in [4.78, 5) is 15.7. The molecule has 1 aromatic heterocycles. The Morgan fingerprint density at radius 1 is 1.33 bits per heavy atom. The number of oxazole rings is 1. The average Bonchev–Trinajstić information content (AvgIpc) is 2.78. The van der Waals surface area contributed by atoms with Gasteiger partial charge in [-0.05, 0) is 31.7 Å². The number of rotatable bonds is 4. The fourth-order valence-corrected chi connectivity index (χ4v) is 1.62. The van der Waals surface area contributed by atoms with Crippen molar-refractivity contribution in [2.45, 2.75) is 13.5 Å². The summed E-state index contributed by atoms with van der Waals surface area (Å²) >= 11 is 0. The normalized spacial score (nSPS) is 10.3. The largest absolute Gasteiger partial charge is 0.438 e. The summed E-state index contributed by atoms with van der Waals surface area (Å²) in [5.74, 6) is -0.0410. The molecule has 0 unspecified atom stereocenters. The Bertz CT molecular complexity index is 531. The SMILES string of the molecule is CNCc1ccc(NC(=O)c2ocnc2C)cc1. The lowest BCUT2D eigenvalue weighted by Crippen LogP contribution is -2.12. The first kappa shape index (κ1) is 12.3. The monoisotopic (exact) mass is 245 g/mol. The Hall–Kier alpha value is -2.14. The van der Waals surface area contributed by atoms with E-state index in [9.17, 15) is 4.79 Å². The molecule has 0 spiro atoms. The molecule has 18 heavy (non-hydrogen) atoms. The number of carbonyl (C=O) groups excluding carboxylic acids is 1. The van der Waals surface area contributed by atoms with Gasteiger partial charge in [0.25, 0.3) is 5.91 Å². The number of nitrogens with zero attached hydrogens (tertiary/aromatic N) is 1. The van der Waals surface area contributed by atoms with Gasteiger partial charge in [0.2, 0.25) is 5.76 Å². The summed E-state index contributed by atoms with van der Waals surface area (Å²) in [5.41, 5.74) is 2.47. The van der Waals surface area contributed by atoms with E-state index in [1.807, 2.05) is 31.3 Å². The van der Waals surface area contributed by atoms with E-state index in [0.717, 1.165) is 17.8 Å². The molecule has 0 fully saturated rings. The summed E-state index contributed by atoms with van der Waals surface area (Å²) in [5, 5.41) is 5.82. The van der Waals surface area contributed by atoms with Crippen LogP contribution in [0.3, 0.4) is 0 Å². The second-order valence-corrected chi connectivity index (χ2v) is 3.95. The Morgan fingerprint density at radius 2 is 2.06 bits per heavy atom. The van der Waals surface area contributed by atoms with E-state index in [1.165, 1.54) is 6.39 Å². The van der Waals surface area contributed by atoms with Gasteiger partial charge in [-0.3, -0.25) is 4.79 Å². The number of hydrogen-bond acceptors (Lipinski definition) is 4. The van der Waals surface area contributed by atoms with Gasteiger partial charge in [-0.1, -0.05) is 12.1 Å². The van der Waals surface area contributed by atoms with Crippen molar-refractivity contribution >= 4 is 11.6 Å². The smallest absolute Gasteiger partial charge is 0.293 e. The van der Waals surface area contributed by atoms with E-state index >= 15 is 0 Å². The first-order chi connectivity index (χ1) is 8.70. The molecule has 0 aliphatic rings. The first-order valence-corrected chi connectivity index (χ1v) is 5.65. The third-order valence-electron chi connectivity index (χ3n) is 2.54. The van der Waals surface area contributed by atoms with Crippen molar-refractivity contribution in [3.63, 3.8) is 0 Å². The Kier molecular flexibility index (Phi) is 3.74. The molecule has 2 aromatic rings. The van der Waals surface area contributed by atoms with E-state index in [4.69, 9.17) is 4.42 Å². The minimum absolute atomic E-state index is 0.245. The highest BCUT2D eigenvalue weighted by molar-refractivity contribution is 6.02. The van der Waals surface area contributed by atoms with Crippen LogP contribution in [0, 0.1) is 6.92 Å². The van der Waals surface area contributed by atoms with Crippen LogP contribution in [0.5, 0.6) is 0 Å². The topological polar surface area (TPSA) is 67.2 Å². The second kappa shape index (κ2) is 5.46. The molecule has 0 radical (unpaired) electrons. The Balaban J connectivity index is 2.05. The zero-order valence-corrected chi connectivity index (χ0v) is 10.4. The molecule has 1 aromatic carbocycles. The third-order valence-corrected chi connectivity index (χ3v) is 2.54. The molecule has 94 valence electrons. The quantitative estimate of drug-likeness (QED) is 0.864. The van der Waals surface area contributed by atoms with Crippen molar-refractivity contribution in [3.05, 3.63) is 47.7 Å². The van der Waals surface area contributed by atoms with Gasteiger partial charge in [-0.25, -0.2) is 4.98 Å². The minimum Gasteiger partial charge on any atom is -0.438 e. The predicted molar refractivity (Wildman–Crippen MR) is 68.4 cm³/mol. The first-order valence-electron chi connectivity index (χ1n) is 5.65. The highest BCUT2D eigenvalue weighted by Crippen LogP contribution is 2.12. The summed E-state index contributed by atoms with van der Waals surface area (Å²) in [6.45, 7) is 2.53. The molecular weight excluding hydrogens is 230 g/mol. The lowest BCUT2D eigenvalue weighted by molar-refractivity contribution is 0.0996. The highest BCUT2D eigenvalue weighted by atomic mass is 16.3. The molecule has 2 rings (SSSR count). The molecule has 0 aliphatic heterocycles. The van der Waals surface area contributed by atoms with Crippen LogP contribution in [-0.4, -0.2) is 17.9 Å². The highest BCUT2D eigenvalue weighted by Gasteiger charge is 2.13. The molecule has 1 amide bonds.